The normalized spacial score (nSPS) is 13.5. The molecule has 1 aliphatic rings. The summed E-state index contributed by atoms with van der Waals surface area (Å²) in [5.41, 5.74) is 0.821. The fourth-order valence-corrected chi connectivity index (χ4v) is 3.07. The second-order valence-corrected chi connectivity index (χ2v) is 6.54. The van der Waals surface area contributed by atoms with Crippen LogP contribution in [0.2, 0.25) is 0 Å². The maximum Gasteiger partial charge on any atom is 0.343 e. The Labute approximate surface area is 176 Å². The van der Waals surface area contributed by atoms with Crippen LogP contribution in [0.25, 0.3) is 6.08 Å². The molecule has 4 rings (SSSR count). The van der Waals surface area contributed by atoms with Crippen molar-refractivity contribution >= 4 is 23.5 Å². The Kier molecular flexibility index (Phi) is 5.19. The number of rotatable bonds is 5. The highest BCUT2D eigenvalue weighted by atomic mass is 16.6. The Morgan fingerprint density at radius 3 is 2.65 bits per heavy atom. The van der Waals surface area contributed by atoms with Gasteiger partial charge in [0.15, 0.2) is 5.76 Å². The summed E-state index contributed by atoms with van der Waals surface area (Å²) in [4.78, 5) is 35.3. The van der Waals surface area contributed by atoms with Gasteiger partial charge in [0.25, 0.3) is 5.69 Å². The Morgan fingerprint density at radius 1 is 1.06 bits per heavy atom. The molecule has 1 heterocycles. The number of carbonyl (C=O) groups is 2. The van der Waals surface area contributed by atoms with Crippen LogP contribution in [0.1, 0.15) is 26.3 Å². The SMILES string of the molecule is COc1ccccc1C=C1Oc2cc(OC(=O)c3cccc([N+](=O)[O-])c3)ccc2C1=O. The van der Waals surface area contributed by atoms with Crippen molar-refractivity contribution in [2.75, 3.05) is 7.11 Å². The smallest absolute Gasteiger partial charge is 0.343 e. The number of hydrogen-bond donors (Lipinski definition) is 0. The minimum absolute atomic E-state index is 0.0310. The number of fused-ring (bicyclic) bond motifs is 1. The number of Topliss-reactive ketones (excluding diaryl/α,β-unsaturated/α-hetero) is 1. The molecule has 0 bridgehead atoms. The van der Waals surface area contributed by atoms with E-state index in [4.69, 9.17) is 14.2 Å². The predicted octanol–water partition coefficient (Wildman–Crippen LogP) is 4.44. The van der Waals surface area contributed by atoms with Gasteiger partial charge in [-0.25, -0.2) is 4.79 Å². The fourth-order valence-electron chi connectivity index (χ4n) is 3.07. The minimum atomic E-state index is -0.766. The van der Waals surface area contributed by atoms with E-state index >= 15 is 0 Å². The molecule has 154 valence electrons. The zero-order chi connectivity index (χ0) is 22.0. The van der Waals surface area contributed by atoms with E-state index < -0.39 is 10.9 Å². The first kappa shape index (κ1) is 19.8. The molecule has 0 saturated carbocycles. The highest BCUT2D eigenvalue weighted by molar-refractivity contribution is 6.14. The molecule has 0 radical (unpaired) electrons. The molecule has 0 spiro atoms. The van der Waals surface area contributed by atoms with Crippen molar-refractivity contribution in [1.82, 2.24) is 0 Å². The molecule has 8 heteroatoms. The van der Waals surface area contributed by atoms with Crippen LogP contribution in [-0.4, -0.2) is 23.8 Å². The average Bonchev–Trinajstić information content (AvgIpc) is 3.08. The van der Waals surface area contributed by atoms with Crippen molar-refractivity contribution in [3.63, 3.8) is 0 Å². The highest BCUT2D eigenvalue weighted by Gasteiger charge is 2.28. The molecule has 31 heavy (non-hydrogen) atoms. The molecule has 0 aliphatic carbocycles. The number of methoxy groups -OCH3 is 1. The number of nitro benzene ring substituents is 1. The number of non-ortho nitro benzene ring substituents is 1. The summed E-state index contributed by atoms with van der Waals surface area (Å²) >= 11 is 0. The van der Waals surface area contributed by atoms with Gasteiger partial charge < -0.3 is 14.2 Å². The Balaban J connectivity index is 1.56. The molecule has 3 aromatic rings. The van der Waals surface area contributed by atoms with E-state index in [2.05, 4.69) is 0 Å². The number of hydrogen-bond acceptors (Lipinski definition) is 7. The first-order valence-electron chi connectivity index (χ1n) is 9.14. The van der Waals surface area contributed by atoms with Gasteiger partial charge in [0.1, 0.15) is 17.2 Å². The van der Waals surface area contributed by atoms with Crippen molar-refractivity contribution < 1.29 is 28.7 Å². The lowest BCUT2D eigenvalue weighted by atomic mass is 10.1. The van der Waals surface area contributed by atoms with E-state index in [0.29, 0.717) is 16.9 Å². The van der Waals surface area contributed by atoms with Gasteiger partial charge in [0.2, 0.25) is 5.78 Å². The zero-order valence-corrected chi connectivity index (χ0v) is 16.2. The van der Waals surface area contributed by atoms with Crippen LogP contribution in [0, 0.1) is 10.1 Å². The number of nitro groups is 1. The number of allylic oxidation sites excluding steroid dienone is 1. The third-order valence-corrected chi connectivity index (χ3v) is 4.57. The first-order chi connectivity index (χ1) is 15.0. The van der Waals surface area contributed by atoms with E-state index in [1.165, 1.54) is 43.5 Å². The lowest BCUT2D eigenvalue weighted by Crippen LogP contribution is -2.08. The maximum absolute atomic E-state index is 12.7. The third-order valence-electron chi connectivity index (χ3n) is 4.57. The number of ether oxygens (including phenoxy) is 3. The molecule has 1 aliphatic heterocycles. The standard InChI is InChI=1S/C23H15NO7/c1-29-19-8-3-2-5-14(19)12-21-22(25)18-10-9-17(13-20(18)31-21)30-23(26)15-6-4-7-16(11-15)24(27)28/h2-13H,1H3. The van der Waals surface area contributed by atoms with Crippen LogP contribution in [0.4, 0.5) is 5.69 Å². The third kappa shape index (κ3) is 3.99. The van der Waals surface area contributed by atoms with Crippen LogP contribution < -0.4 is 14.2 Å². The number of benzene rings is 3. The molecule has 0 unspecified atom stereocenters. The van der Waals surface area contributed by atoms with Crippen molar-refractivity contribution in [2.24, 2.45) is 0 Å². The molecule has 0 aromatic heterocycles. The fraction of sp³-hybridized carbons (Fsp3) is 0.0435. The van der Waals surface area contributed by atoms with Crippen LogP contribution in [0.3, 0.4) is 0 Å². The topological polar surface area (TPSA) is 105 Å². The van der Waals surface area contributed by atoms with Crippen molar-refractivity contribution in [3.8, 4) is 17.2 Å². The summed E-state index contributed by atoms with van der Waals surface area (Å²) in [6.45, 7) is 0. The van der Waals surface area contributed by atoms with Gasteiger partial charge in [-0.05, 0) is 30.3 Å². The maximum atomic E-state index is 12.7. The minimum Gasteiger partial charge on any atom is -0.496 e. The van der Waals surface area contributed by atoms with E-state index in [-0.39, 0.29) is 34.3 Å². The summed E-state index contributed by atoms with van der Waals surface area (Å²) in [5.74, 6) is 0.0166. The summed E-state index contributed by atoms with van der Waals surface area (Å²) < 4.78 is 16.3. The number of ketones is 1. The second kappa shape index (κ2) is 8.11. The van der Waals surface area contributed by atoms with E-state index in [9.17, 15) is 19.7 Å². The van der Waals surface area contributed by atoms with Crippen LogP contribution >= 0.6 is 0 Å². The highest BCUT2D eigenvalue weighted by Crippen LogP contribution is 2.36. The largest absolute Gasteiger partial charge is 0.496 e. The molecular weight excluding hydrogens is 402 g/mol. The summed E-state index contributed by atoms with van der Waals surface area (Å²) in [5, 5.41) is 10.9. The second-order valence-electron chi connectivity index (χ2n) is 6.54. The summed E-state index contributed by atoms with van der Waals surface area (Å²) in [7, 11) is 1.53. The lowest BCUT2D eigenvalue weighted by molar-refractivity contribution is -0.384. The molecule has 0 N–H and O–H groups in total. The first-order valence-corrected chi connectivity index (χ1v) is 9.14. The Bertz CT molecular complexity index is 1250. The molecular formula is C23H15NO7. The number of nitrogens with zero attached hydrogens (tertiary/aromatic N) is 1. The van der Waals surface area contributed by atoms with Gasteiger partial charge >= 0.3 is 5.97 Å². The van der Waals surface area contributed by atoms with Crippen LogP contribution in [0.5, 0.6) is 17.2 Å². The van der Waals surface area contributed by atoms with Gasteiger partial charge in [0.05, 0.1) is 23.2 Å². The number of esters is 1. The molecule has 8 nitrogen and oxygen atoms in total. The Hall–Kier alpha value is -4.46. The molecule has 0 saturated heterocycles. The van der Waals surface area contributed by atoms with Gasteiger partial charge in [-0.15, -0.1) is 0 Å². The quantitative estimate of drug-likeness (QED) is 0.199. The van der Waals surface area contributed by atoms with Crippen LogP contribution in [0.15, 0.2) is 72.5 Å². The zero-order valence-electron chi connectivity index (χ0n) is 16.2. The van der Waals surface area contributed by atoms with E-state index in [1.807, 2.05) is 12.1 Å². The molecule has 0 fully saturated rings. The lowest BCUT2D eigenvalue weighted by Gasteiger charge is -2.06. The molecule has 0 amide bonds. The average molecular weight is 417 g/mol. The van der Waals surface area contributed by atoms with Gasteiger partial charge in [-0.3, -0.25) is 14.9 Å². The van der Waals surface area contributed by atoms with Gasteiger partial charge in [-0.2, -0.15) is 0 Å². The van der Waals surface area contributed by atoms with Crippen molar-refractivity contribution in [3.05, 3.63) is 99.3 Å². The van der Waals surface area contributed by atoms with E-state index in [0.717, 1.165) is 6.07 Å². The summed E-state index contributed by atoms with van der Waals surface area (Å²) in [6.07, 6.45) is 1.58. The summed E-state index contributed by atoms with van der Waals surface area (Å²) in [6, 6.07) is 16.8. The van der Waals surface area contributed by atoms with Crippen molar-refractivity contribution in [1.29, 1.82) is 0 Å². The van der Waals surface area contributed by atoms with Crippen molar-refractivity contribution in [2.45, 2.75) is 0 Å². The van der Waals surface area contributed by atoms with Gasteiger partial charge in [0, 0.05) is 23.8 Å². The molecule has 3 aromatic carbocycles. The number of carbonyl (C=O) groups excluding carboxylic acids is 2. The number of para-hydroxylation sites is 1. The van der Waals surface area contributed by atoms with E-state index in [1.54, 1.807) is 18.2 Å². The molecule has 0 atom stereocenters. The monoisotopic (exact) mass is 417 g/mol. The van der Waals surface area contributed by atoms with Gasteiger partial charge in [-0.1, -0.05) is 24.3 Å². The Morgan fingerprint density at radius 2 is 1.87 bits per heavy atom. The predicted molar refractivity (Wildman–Crippen MR) is 110 cm³/mol. The van der Waals surface area contributed by atoms with Crippen LogP contribution in [-0.2, 0) is 0 Å².